The molecule has 124 valence electrons. The lowest BCUT2D eigenvalue weighted by Crippen LogP contribution is -2.43. The van der Waals surface area contributed by atoms with Crippen LogP contribution in [0.25, 0.3) is 0 Å². The highest BCUT2D eigenvalue weighted by Crippen LogP contribution is 2.22. The van der Waals surface area contributed by atoms with Gasteiger partial charge < -0.3 is 15.3 Å². The molecule has 0 aliphatic carbocycles. The second-order valence-electron chi connectivity index (χ2n) is 7.05. The normalized spacial score (nSPS) is 19.3. The van der Waals surface area contributed by atoms with Gasteiger partial charge in [0.1, 0.15) is 0 Å². The summed E-state index contributed by atoms with van der Waals surface area (Å²) in [4.78, 5) is 14.1. The summed E-state index contributed by atoms with van der Waals surface area (Å²) in [6, 6.07) is 0.187. The third-order valence-corrected chi connectivity index (χ3v) is 4.35. The molecule has 0 saturated carbocycles. The molecule has 1 aromatic rings. The van der Waals surface area contributed by atoms with Gasteiger partial charge in [-0.2, -0.15) is 5.10 Å². The van der Waals surface area contributed by atoms with Gasteiger partial charge in [-0.1, -0.05) is 0 Å². The number of likely N-dealkylation sites (tertiary alicyclic amines) is 1. The molecule has 1 saturated heterocycles. The second kappa shape index (κ2) is 6.38. The Morgan fingerprint density at radius 3 is 2.59 bits per heavy atom. The van der Waals surface area contributed by atoms with Gasteiger partial charge in [0, 0.05) is 42.3 Å². The topological polar surface area (TPSA) is 70.4 Å². The van der Waals surface area contributed by atoms with Crippen molar-refractivity contribution in [1.29, 1.82) is 0 Å². The number of amides is 1. The van der Waals surface area contributed by atoms with Crippen molar-refractivity contribution in [2.45, 2.75) is 65.7 Å². The molecular formula is C16H28N4O2. The molecule has 0 radical (unpaired) electrons. The van der Waals surface area contributed by atoms with Gasteiger partial charge in [-0.15, -0.1) is 0 Å². The van der Waals surface area contributed by atoms with Crippen molar-refractivity contribution in [3.05, 3.63) is 17.0 Å². The summed E-state index contributed by atoms with van der Waals surface area (Å²) < 4.78 is 1.84. The van der Waals surface area contributed by atoms with E-state index in [1.807, 2.05) is 23.4 Å². The van der Waals surface area contributed by atoms with Crippen LogP contribution in [0.1, 0.15) is 44.1 Å². The maximum Gasteiger partial charge on any atom is 0.224 e. The number of aromatic nitrogens is 2. The number of nitrogens with zero attached hydrogens (tertiary/aromatic N) is 3. The SMILES string of the molecule is Cc1nn(CCO)c(C)c1CNC1CC(=O)N(C(C)(C)C)C1. The first-order chi connectivity index (χ1) is 10.2. The van der Waals surface area contributed by atoms with E-state index in [9.17, 15) is 4.79 Å². The number of carbonyl (C=O) groups excluding carboxylic acids is 1. The minimum atomic E-state index is -0.120. The van der Waals surface area contributed by atoms with Crippen molar-refractivity contribution in [2.75, 3.05) is 13.2 Å². The lowest BCUT2D eigenvalue weighted by atomic mass is 10.1. The maximum absolute atomic E-state index is 12.1. The highest BCUT2D eigenvalue weighted by molar-refractivity contribution is 5.80. The summed E-state index contributed by atoms with van der Waals surface area (Å²) >= 11 is 0. The lowest BCUT2D eigenvalue weighted by Gasteiger charge is -2.32. The molecule has 2 heterocycles. The minimum absolute atomic E-state index is 0.0898. The van der Waals surface area contributed by atoms with Crippen LogP contribution in [-0.2, 0) is 17.9 Å². The van der Waals surface area contributed by atoms with Crippen molar-refractivity contribution < 1.29 is 9.90 Å². The second-order valence-corrected chi connectivity index (χ2v) is 7.05. The molecule has 22 heavy (non-hydrogen) atoms. The van der Waals surface area contributed by atoms with Crippen molar-refractivity contribution in [3.8, 4) is 0 Å². The van der Waals surface area contributed by atoms with Gasteiger partial charge in [-0.25, -0.2) is 0 Å². The molecule has 1 fully saturated rings. The smallest absolute Gasteiger partial charge is 0.224 e. The third-order valence-electron chi connectivity index (χ3n) is 4.35. The number of hydrogen-bond donors (Lipinski definition) is 2. The highest BCUT2D eigenvalue weighted by atomic mass is 16.3. The summed E-state index contributed by atoms with van der Waals surface area (Å²) in [5, 5.41) is 17.0. The van der Waals surface area contributed by atoms with Gasteiger partial charge in [0.05, 0.1) is 18.8 Å². The zero-order chi connectivity index (χ0) is 16.5. The quantitative estimate of drug-likeness (QED) is 0.851. The van der Waals surface area contributed by atoms with Crippen LogP contribution in [0, 0.1) is 13.8 Å². The van der Waals surface area contributed by atoms with Crippen molar-refractivity contribution in [2.24, 2.45) is 0 Å². The Morgan fingerprint density at radius 1 is 1.36 bits per heavy atom. The summed E-state index contributed by atoms with van der Waals surface area (Å²) in [6.07, 6.45) is 0.556. The molecular weight excluding hydrogens is 280 g/mol. The molecule has 2 rings (SSSR count). The minimum Gasteiger partial charge on any atom is -0.394 e. The maximum atomic E-state index is 12.1. The van der Waals surface area contributed by atoms with Gasteiger partial charge in [-0.05, 0) is 34.6 Å². The van der Waals surface area contributed by atoms with E-state index in [4.69, 9.17) is 5.11 Å². The number of hydrogen-bond acceptors (Lipinski definition) is 4. The standard InChI is InChI=1S/C16H28N4O2/c1-11-14(12(2)20(18-11)6-7-21)9-17-13-8-15(22)19(10-13)16(3,4)5/h13,17,21H,6-10H2,1-5H3. The van der Waals surface area contributed by atoms with E-state index >= 15 is 0 Å². The first kappa shape index (κ1) is 17.0. The fourth-order valence-electron chi connectivity index (χ4n) is 3.04. The third kappa shape index (κ3) is 3.50. The molecule has 0 spiro atoms. The summed E-state index contributed by atoms with van der Waals surface area (Å²) in [7, 11) is 0. The molecule has 0 aromatic carbocycles. The van der Waals surface area contributed by atoms with Crippen molar-refractivity contribution >= 4 is 5.91 Å². The zero-order valence-electron chi connectivity index (χ0n) is 14.3. The van der Waals surface area contributed by atoms with Crippen LogP contribution in [0.5, 0.6) is 0 Å². The first-order valence-electron chi connectivity index (χ1n) is 7.91. The van der Waals surface area contributed by atoms with Gasteiger partial charge in [0.25, 0.3) is 0 Å². The largest absolute Gasteiger partial charge is 0.394 e. The number of aryl methyl sites for hydroxylation is 1. The average Bonchev–Trinajstić information content (AvgIpc) is 2.90. The van der Waals surface area contributed by atoms with Crippen molar-refractivity contribution in [1.82, 2.24) is 20.0 Å². The van der Waals surface area contributed by atoms with Crippen LogP contribution in [0.4, 0.5) is 0 Å². The van der Waals surface area contributed by atoms with Crippen LogP contribution in [-0.4, -0.2) is 50.4 Å². The Bertz CT molecular complexity index is 545. The van der Waals surface area contributed by atoms with E-state index in [0.29, 0.717) is 19.5 Å². The molecule has 6 heteroatoms. The molecule has 1 aliphatic rings. The Kier molecular flexibility index (Phi) is 4.92. The highest BCUT2D eigenvalue weighted by Gasteiger charge is 2.35. The molecule has 6 nitrogen and oxygen atoms in total. The first-order valence-corrected chi connectivity index (χ1v) is 7.91. The molecule has 1 unspecified atom stereocenters. The van der Waals surface area contributed by atoms with Crippen LogP contribution in [0.3, 0.4) is 0 Å². The fraction of sp³-hybridized carbons (Fsp3) is 0.750. The zero-order valence-corrected chi connectivity index (χ0v) is 14.3. The fourth-order valence-corrected chi connectivity index (χ4v) is 3.04. The number of nitrogens with one attached hydrogen (secondary N) is 1. The van der Waals surface area contributed by atoms with Crippen LogP contribution in [0.2, 0.25) is 0 Å². The molecule has 1 aromatic heterocycles. The molecule has 1 atom stereocenters. The predicted molar refractivity (Wildman–Crippen MR) is 85.5 cm³/mol. The predicted octanol–water partition coefficient (Wildman–Crippen LogP) is 0.981. The molecule has 1 amide bonds. The van der Waals surface area contributed by atoms with Crippen LogP contribution in [0.15, 0.2) is 0 Å². The number of aliphatic hydroxyl groups is 1. The lowest BCUT2D eigenvalue weighted by molar-refractivity contribution is -0.131. The Hall–Kier alpha value is -1.40. The average molecular weight is 308 g/mol. The van der Waals surface area contributed by atoms with E-state index in [0.717, 1.165) is 23.5 Å². The van der Waals surface area contributed by atoms with E-state index < -0.39 is 0 Å². The summed E-state index contributed by atoms with van der Waals surface area (Å²) in [5.74, 6) is 0.217. The van der Waals surface area contributed by atoms with E-state index in [1.54, 1.807) is 0 Å². The Morgan fingerprint density at radius 2 is 2.05 bits per heavy atom. The number of aliphatic hydroxyl groups excluding tert-OH is 1. The van der Waals surface area contributed by atoms with E-state index in [-0.39, 0.29) is 24.1 Å². The Balaban J connectivity index is 1.99. The molecule has 1 aliphatic heterocycles. The van der Waals surface area contributed by atoms with Crippen LogP contribution < -0.4 is 5.32 Å². The van der Waals surface area contributed by atoms with Crippen molar-refractivity contribution in [3.63, 3.8) is 0 Å². The summed E-state index contributed by atoms with van der Waals surface area (Å²) in [6.45, 7) is 12.3. The molecule has 0 bridgehead atoms. The number of carbonyl (C=O) groups is 1. The van der Waals surface area contributed by atoms with Gasteiger partial charge >= 0.3 is 0 Å². The summed E-state index contributed by atoms with van der Waals surface area (Å²) in [5.41, 5.74) is 3.10. The van der Waals surface area contributed by atoms with Gasteiger partial charge in [-0.3, -0.25) is 9.48 Å². The van der Waals surface area contributed by atoms with Gasteiger partial charge in [0.15, 0.2) is 0 Å². The number of rotatable bonds is 5. The molecule has 2 N–H and O–H groups in total. The van der Waals surface area contributed by atoms with E-state index in [1.165, 1.54) is 0 Å². The van der Waals surface area contributed by atoms with Gasteiger partial charge in [0.2, 0.25) is 5.91 Å². The van der Waals surface area contributed by atoms with Crippen LogP contribution >= 0.6 is 0 Å². The Labute approximate surface area is 132 Å². The monoisotopic (exact) mass is 308 g/mol. The van der Waals surface area contributed by atoms with E-state index in [2.05, 4.69) is 31.2 Å².